The number of Topliss-reactive ketones (excluding diaryl/α,β-unsaturated/α-hetero) is 1. The number of alkyl carbamates (subject to hydrolysis) is 1. The van der Waals surface area contributed by atoms with E-state index in [4.69, 9.17) is 15.9 Å². The number of carbonyl (C=O) groups excluding carboxylic acids is 3. The van der Waals surface area contributed by atoms with Gasteiger partial charge in [-0.1, -0.05) is 32.0 Å². The second-order valence-corrected chi connectivity index (χ2v) is 10.6. The number of rotatable bonds is 11. The van der Waals surface area contributed by atoms with E-state index in [1.54, 1.807) is 0 Å². The third-order valence-corrected chi connectivity index (χ3v) is 6.53. The second-order valence-electron chi connectivity index (χ2n) is 9.52. The molecule has 1 fully saturated rings. The van der Waals surface area contributed by atoms with Crippen LogP contribution in [-0.2, 0) is 14.3 Å². The number of thioether (sulfide) groups is 1. The number of nitrogens with one attached hydrogen (secondary N) is 2. The van der Waals surface area contributed by atoms with Crippen LogP contribution in [0.25, 0.3) is 0 Å². The molecule has 0 spiro atoms. The Balaban J connectivity index is 2.14. The lowest BCUT2D eigenvalue weighted by molar-refractivity contribution is -0.131. The molecule has 0 saturated heterocycles. The maximum absolute atomic E-state index is 13.4. The number of urea groups is 1. The molecular weight excluding hydrogens is 470 g/mol. The summed E-state index contributed by atoms with van der Waals surface area (Å²) in [6, 6.07) is -0.595. The Labute approximate surface area is 212 Å². The van der Waals surface area contributed by atoms with Crippen LogP contribution in [0, 0.1) is 18.3 Å². The molecule has 10 nitrogen and oxygen atoms in total. The van der Waals surface area contributed by atoms with E-state index in [-0.39, 0.29) is 24.0 Å². The highest BCUT2D eigenvalue weighted by atomic mass is 32.2. The van der Waals surface area contributed by atoms with E-state index in [9.17, 15) is 14.4 Å². The second kappa shape index (κ2) is 14.2. The van der Waals surface area contributed by atoms with E-state index in [1.165, 1.54) is 11.8 Å². The zero-order chi connectivity index (χ0) is 25.8. The number of hydrazone groups is 1. The lowest BCUT2D eigenvalue weighted by Crippen LogP contribution is -2.64. The van der Waals surface area contributed by atoms with Crippen molar-refractivity contribution < 1.29 is 23.9 Å². The van der Waals surface area contributed by atoms with Crippen molar-refractivity contribution in [2.75, 3.05) is 33.0 Å². The smallest absolute Gasteiger partial charge is 0.408 e. The van der Waals surface area contributed by atoms with Crippen molar-refractivity contribution in [2.45, 2.75) is 77.1 Å². The van der Waals surface area contributed by atoms with E-state index in [2.05, 4.69) is 21.7 Å². The first-order valence-electron chi connectivity index (χ1n) is 12.2. The van der Waals surface area contributed by atoms with Gasteiger partial charge in [-0.25, -0.2) is 9.59 Å². The van der Waals surface area contributed by atoms with Crippen LogP contribution < -0.4 is 10.6 Å². The first-order valence-corrected chi connectivity index (χ1v) is 13.2. The molecule has 1 atom stereocenters. The number of carbonyl (C=O) groups is 3. The average Bonchev–Trinajstić information content (AvgIpc) is 3.22. The summed E-state index contributed by atoms with van der Waals surface area (Å²) >= 11 is 1.35. The first-order chi connectivity index (χ1) is 16.7. The van der Waals surface area contributed by atoms with Gasteiger partial charge in [0.05, 0.1) is 0 Å². The van der Waals surface area contributed by atoms with Gasteiger partial charge in [-0.2, -0.15) is 5.01 Å². The van der Waals surface area contributed by atoms with Crippen LogP contribution in [0.3, 0.4) is 0 Å². The monoisotopic (exact) mass is 509 g/mol. The molecule has 1 aliphatic carbocycles. The van der Waals surface area contributed by atoms with Crippen LogP contribution >= 0.6 is 11.8 Å². The van der Waals surface area contributed by atoms with Gasteiger partial charge >= 0.3 is 12.1 Å². The van der Waals surface area contributed by atoms with Crippen molar-refractivity contribution >= 4 is 34.9 Å². The van der Waals surface area contributed by atoms with Crippen LogP contribution in [0.5, 0.6) is 0 Å². The molecule has 1 unspecified atom stereocenters. The summed E-state index contributed by atoms with van der Waals surface area (Å²) in [4.78, 5) is 40.7. The molecule has 1 aliphatic heterocycles. The number of hydrogen-bond acceptors (Lipinski definition) is 8. The minimum Gasteiger partial charge on any atom is -0.449 e. The maximum Gasteiger partial charge on any atom is 0.408 e. The van der Waals surface area contributed by atoms with Crippen molar-refractivity contribution in [3.8, 4) is 12.3 Å². The Hall–Kier alpha value is -2.45. The highest BCUT2D eigenvalue weighted by Gasteiger charge is 2.43. The fourth-order valence-electron chi connectivity index (χ4n) is 3.73. The van der Waals surface area contributed by atoms with Crippen LogP contribution in [0.1, 0.15) is 65.2 Å². The maximum atomic E-state index is 13.4. The number of amides is 3. The van der Waals surface area contributed by atoms with Gasteiger partial charge in [0.25, 0.3) is 11.5 Å². The summed E-state index contributed by atoms with van der Waals surface area (Å²) in [5, 5.41) is 11.4. The molecule has 0 bridgehead atoms. The van der Waals surface area contributed by atoms with Gasteiger partial charge in [-0.15, -0.1) is 17.4 Å². The molecule has 2 aliphatic rings. The summed E-state index contributed by atoms with van der Waals surface area (Å²) in [6.45, 7) is 4.96. The first kappa shape index (κ1) is 28.8. The lowest BCUT2D eigenvalue weighted by Gasteiger charge is -2.39. The van der Waals surface area contributed by atoms with E-state index >= 15 is 0 Å². The molecule has 2 rings (SSSR count). The van der Waals surface area contributed by atoms with Gasteiger partial charge in [0.15, 0.2) is 5.78 Å². The van der Waals surface area contributed by atoms with Gasteiger partial charge in [0, 0.05) is 25.1 Å². The average molecular weight is 510 g/mol. The standard InChI is InChI=1S/C24H39N5O5S/c1-6-7-16-33-22(32)26-24(13-9-8-10-14-24)25-21(31)29-20(19(30)12-11-18(2)3)34-23(27-29)35-17-15-28(4)5/h1,18,20H,7-17H2,2-5H3,(H,25,31)(H,26,32). The van der Waals surface area contributed by atoms with Crippen LogP contribution in [0.2, 0.25) is 0 Å². The summed E-state index contributed by atoms with van der Waals surface area (Å²) in [5.41, 5.74) is -0.996. The Kier molecular flexibility index (Phi) is 11.7. The van der Waals surface area contributed by atoms with E-state index in [0.29, 0.717) is 37.4 Å². The molecule has 3 amide bonds. The molecule has 0 radical (unpaired) electrons. The van der Waals surface area contributed by atoms with Crippen molar-refractivity contribution in [2.24, 2.45) is 11.0 Å². The summed E-state index contributed by atoms with van der Waals surface area (Å²) in [7, 11) is 3.92. The minimum absolute atomic E-state index is 0.0938. The predicted octanol–water partition coefficient (Wildman–Crippen LogP) is 3.34. The molecule has 11 heteroatoms. The largest absolute Gasteiger partial charge is 0.449 e. The van der Waals surface area contributed by atoms with Gasteiger partial charge in [-0.3, -0.25) is 10.1 Å². The molecule has 0 aromatic heterocycles. The zero-order valence-electron chi connectivity index (χ0n) is 21.3. The zero-order valence-corrected chi connectivity index (χ0v) is 22.1. The van der Waals surface area contributed by atoms with Crippen molar-refractivity contribution in [3.63, 3.8) is 0 Å². The normalized spacial score (nSPS) is 19.1. The van der Waals surface area contributed by atoms with Gasteiger partial charge < -0.3 is 19.7 Å². The number of terminal acetylenes is 1. The predicted molar refractivity (Wildman–Crippen MR) is 137 cm³/mol. The van der Waals surface area contributed by atoms with Crippen LogP contribution in [0.4, 0.5) is 9.59 Å². The number of ether oxygens (including phenoxy) is 2. The number of nitrogens with zero attached hydrogens (tertiary/aromatic N) is 3. The highest BCUT2D eigenvalue weighted by molar-refractivity contribution is 8.13. The highest BCUT2D eigenvalue weighted by Crippen LogP contribution is 2.28. The third kappa shape index (κ3) is 9.61. The fraction of sp³-hybridized carbons (Fsp3) is 0.750. The fourth-order valence-corrected chi connectivity index (χ4v) is 4.66. The molecule has 0 aromatic carbocycles. The van der Waals surface area contributed by atoms with Crippen molar-refractivity contribution in [1.29, 1.82) is 0 Å². The third-order valence-electron chi connectivity index (χ3n) is 5.71. The molecule has 35 heavy (non-hydrogen) atoms. The van der Waals surface area contributed by atoms with Crippen molar-refractivity contribution in [3.05, 3.63) is 0 Å². The Morgan fingerprint density at radius 1 is 1.29 bits per heavy atom. The van der Waals surface area contributed by atoms with E-state index in [1.807, 2.05) is 32.8 Å². The van der Waals surface area contributed by atoms with Gasteiger partial charge in [0.2, 0.25) is 0 Å². The molecule has 2 N–H and O–H groups in total. The van der Waals surface area contributed by atoms with E-state index in [0.717, 1.165) is 30.8 Å². The van der Waals surface area contributed by atoms with Crippen LogP contribution in [-0.4, -0.2) is 77.9 Å². The Bertz CT molecular complexity index is 805. The molecule has 1 saturated carbocycles. The van der Waals surface area contributed by atoms with Gasteiger partial charge in [0.1, 0.15) is 12.3 Å². The minimum atomic E-state index is -1.13. The molecule has 1 heterocycles. The number of ketones is 1. The molecule has 196 valence electrons. The van der Waals surface area contributed by atoms with E-state index < -0.39 is 24.0 Å². The topological polar surface area (TPSA) is 113 Å². The number of hydrogen-bond donors (Lipinski definition) is 2. The quantitative estimate of drug-likeness (QED) is 0.250. The summed E-state index contributed by atoms with van der Waals surface area (Å²) < 4.78 is 11.0. The molecule has 0 aromatic rings. The molecular formula is C24H39N5O5S. The summed E-state index contributed by atoms with van der Waals surface area (Å²) in [6.07, 6.45) is 8.45. The summed E-state index contributed by atoms with van der Waals surface area (Å²) in [5.74, 6) is 3.25. The van der Waals surface area contributed by atoms with Crippen LogP contribution in [0.15, 0.2) is 5.10 Å². The lowest BCUT2D eigenvalue weighted by atomic mass is 9.89. The Morgan fingerprint density at radius 3 is 2.63 bits per heavy atom. The SMILES string of the molecule is C#CCCOC(=O)NC1(NC(=O)N2N=C(SCCN(C)C)OC2C(=O)CCC(C)C)CCCCC1. The van der Waals surface area contributed by atoms with Crippen molar-refractivity contribution in [1.82, 2.24) is 20.5 Å². The van der Waals surface area contributed by atoms with Gasteiger partial charge in [-0.05, 0) is 52.1 Å². The Morgan fingerprint density at radius 2 is 2.00 bits per heavy atom.